The molecule has 0 saturated carbocycles. The molecule has 1 fully saturated rings. The maximum atomic E-state index is 13.5. The number of hydrogen-bond donors (Lipinski definition) is 2. The molecule has 1 saturated heterocycles. The molecule has 1 aliphatic heterocycles. The Morgan fingerprint density at radius 2 is 2.09 bits per heavy atom. The van der Waals surface area contributed by atoms with E-state index in [1.807, 2.05) is 37.3 Å². The zero-order valence-electron chi connectivity index (χ0n) is 19.8. The number of pyridine rings is 1. The van der Waals surface area contributed by atoms with Crippen molar-refractivity contribution >= 4 is 24.0 Å². The number of likely N-dealkylation sites (tertiary alicyclic amines) is 1. The van der Waals surface area contributed by atoms with Crippen LogP contribution in [0.1, 0.15) is 44.6 Å². The number of benzene rings is 1. The fourth-order valence-electron chi connectivity index (χ4n) is 4.13. The molecule has 9 nitrogen and oxygen atoms in total. The number of nitrogens with zero attached hydrogens (tertiary/aromatic N) is 3. The number of amides is 3. The minimum absolute atomic E-state index is 0.000302. The molecule has 2 atom stereocenters. The molecular weight excluding hydrogens is 455 g/mol. The van der Waals surface area contributed by atoms with E-state index in [9.17, 15) is 24.0 Å². The van der Waals surface area contributed by atoms with Crippen molar-refractivity contribution in [1.82, 2.24) is 9.96 Å². The number of halogens is 1. The lowest BCUT2D eigenvalue weighted by molar-refractivity contribution is -0.894. The molecule has 0 bridgehead atoms. The molecule has 2 N–H and O–H groups in total. The van der Waals surface area contributed by atoms with Gasteiger partial charge in [0, 0.05) is 12.6 Å². The van der Waals surface area contributed by atoms with Crippen molar-refractivity contribution in [3.63, 3.8) is 0 Å². The highest BCUT2D eigenvalue weighted by Gasteiger charge is 2.39. The van der Waals surface area contributed by atoms with E-state index in [0.29, 0.717) is 36.9 Å². The maximum absolute atomic E-state index is 13.5. The second-order valence-corrected chi connectivity index (χ2v) is 8.56. The lowest BCUT2D eigenvalue weighted by Gasteiger charge is -2.29. The van der Waals surface area contributed by atoms with Crippen LogP contribution < -0.4 is 10.0 Å². The highest BCUT2D eigenvalue weighted by Crippen LogP contribution is 2.24. The van der Waals surface area contributed by atoms with Gasteiger partial charge in [-0.05, 0) is 35.6 Å². The second-order valence-electron chi connectivity index (χ2n) is 8.56. The van der Waals surface area contributed by atoms with E-state index >= 15 is 0 Å². The lowest BCUT2D eigenvalue weighted by atomic mass is 9.99. The number of hydrogen-bond acceptors (Lipinski definition) is 5. The second kappa shape index (κ2) is 12.8. The molecule has 10 heteroatoms. The molecule has 0 aliphatic carbocycles. The largest absolute Gasteiger partial charge is 0.350 e. The highest BCUT2D eigenvalue weighted by molar-refractivity contribution is 5.96. The van der Waals surface area contributed by atoms with Gasteiger partial charge in [-0.3, -0.25) is 14.4 Å². The van der Waals surface area contributed by atoms with Crippen LogP contribution in [0, 0.1) is 11.7 Å². The summed E-state index contributed by atoms with van der Waals surface area (Å²) in [7, 11) is 0. The zero-order valence-corrected chi connectivity index (χ0v) is 19.8. The number of unbranched alkanes of at least 4 members (excludes halogenated alkanes) is 1. The first-order chi connectivity index (χ1) is 16.9. The summed E-state index contributed by atoms with van der Waals surface area (Å²) in [5.74, 6) is -1.87. The topological polar surface area (TPSA) is 103 Å². The molecule has 0 unspecified atom stereocenters. The van der Waals surface area contributed by atoms with Gasteiger partial charge in [-0.25, -0.2) is 19.6 Å². The number of aromatic nitrogens is 1. The number of hydroxylamine groups is 2. The van der Waals surface area contributed by atoms with Crippen LogP contribution in [0.4, 0.5) is 10.2 Å². The average molecular weight is 488 g/mol. The minimum Gasteiger partial charge on any atom is -0.350 e. The Kier molecular flexibility index (Phi) is 9.54. The van der Waals surface area contributed by atoms with Crippen LogP contribution in [0.25, 0.3) is 0 Å². The molecule has 1 aromatic heterocycles. The van der Waals surface area contributed by atoms with E-state index in [0.717, 1.165) is 35.7 Å². The van der Waals surface area contributed by atoms with E-state index in [1.54, 1.807) is 0 Å². The highest BCUT2D eigenvalue weighted by atomic mass is 19.1. The van der Waals surface area contributed by atoms with Crippen LogP contribution in [-0.2, 0) is 25.8 Å². The van der Waals surface area contributed by atoms with Crippen LogP contribution in [0.15, 0.2) is 48.7 Å². The standard InChI is InChI=1S/C25H31FN4O5/c1-2-3-10-20(15-28(18-31)35-17-19-8-5-4-6-9-19)25(33)29-14-7-11-22(29)24(32)27-23-13-12-21(26)16-30(23)34/h4-6,8-9,12-13,16,18,20,22,34H,2-3,7,10-11,14-15,17H2,1H3/p+1/t20-,22+/m1/s1. The van der Waals surface area contributed by atoms with Gasteiger partial charge in [0.1, 0.15) is 12.6 Å². The van der Waals surface area contributed by atoms with Gasteiger partial charge >= 0.3 is 11.7 Å². The van der Waals surface area contributed by atoms with Crippen molar-refractivity contribution in [3.05, 3.63) is 60.0 Å². The van der Waals surface area contributed by atoms with Gasteiger partial charge < -0.3 is 10.1 Å². The minimum atomic E-state index is -0.730. The molecule has 35 heavy (non-hydrogen) atoms. The monoisotopic (exact) mass is 487 g/mol. The van der Waals surface area contributed by atoms with E-state index in [1.165, 1.54) is 11.0 Å². The molecule has 3 rings (SSSR count). The Morgan fingerprint density at radius 3 is 2.77 bits per heavy atom. The third-order valence-corrected chi connectivity index (χ3v) is 6.00. The predicted molar refractivity (Wildman–Crippen MR) is 124 cm³/mol. The van der Waals surface area contributed by atoms with Gasteiger partial charge in [0.15, 0.2) is 12.0 Å². The summed E-state index contributed by atoms with van der Waals surface area (Å²) in [6, 6.07) is 11.0. The van der Waals surface area contributed by atoms with E-state index < -0.39 is 23.7 Å². The Morgan fingerprint density at radius 1 is 1.31 bits per heavy atom. The van der Waals surface area contributed by atoms with Crippen molar-refractivity contribution in [2.45, 2.75) is 51.7 Å². The van der Waals surface area contributed by atoms with Crippen LogP contribution >= 0.6 is 0 Å². The molecule has 2 aromatic rings. The van der Waals surface area contributed by atoms with E-state index in [-0.39, 0.29) is 24.9 Å². The van der Waals surface area contributed by atoms with Crippen LogP contribution in [-0.4, -0.2) is 52.5 Å². The van der Waals surface area contributed by atoms with E-state index in [2.05, 4.69) is 5.32 Å². The molecule has 188 valence electrons. The summed E-state index contributed by atoms with van der Waals surface area (Å²) in [5, 5.41) is 13.5. The smallest absolute Gasteiger partial charge is 0.330 e. The summed E-state index contributed by atoms with van der Waals surface area (Å²) < 4.78 is 13.7. The summed E-state index contributed by atoms with van der Waals surface area (Å²) in [6.45, 7) is 2.70. The first-order valence-electron chi connectivity index (χ1n) is 11.8. The predicted octanol–water partition coefficient (Wildman–Crippen LogP) is 2.68. The molecule has 1 aromatic carbocycles. The molecule has 3 amide bonds. The number of rotatable bonds is 12. The van der Waals surface area contributed by atoms with Gasteiger partial charge in [0.05, 0.1) is 12.5 Å². The van der Waals surface area contributed by atoms with Gasteiger partial charge in [0.25, 0.3) is 0 Å². The fraction of sp³-hybridized carbons (Fsp3) is 0.440. The Bertz CT molecular complexity index is 1010. The average Bonchev–Trinajstić information content (AvgIpc) is 3.36. The normalized spacial score (nSPS) is 16.1. The van der Waals surface area contributed by atoms with E-state index in [4.69, 9.17) is 4.84 Å². The maximum Gasteiger partial charge on any atom is 0.330 e. The molecule has 0 spiro atoms. The van der Waals surface area contributed by atoms with Gasteiger partial charge in [0.2, 0.25) is 12.3 Å². The molecule has 0 radical (unpaired) electrons. The lowest BCUT2D eigenvalue weighted by Crippen LogP contribution is -2.49. The third-order valence-electron chi connectivity index (χ3n) is 6.00. The van der Waals surface area contributed by atoms with Crippen molar-refractivity contribution in [1.29, 1.82) is 0 Å². The van der Waals surface area contributed by atoms with Crippen molar-refractivity contribution < 1.29 is 33.5 Å². The third kappa shape index (κ3) is 7.22. The fourth-order valence-corrected chi connectivity index (χ4v) is 4.13. The first-order valence-corrected chi connectivity index (χ1v) is 11.8. The van der Waals surface area contributed by atoms with Gasteiger partial charge in [-0.1, -0.05) is 50.1 Å². The summed E-state index contributed by atoms with van der Waals surface area (Å²) in [6.07, 6.45) is 4.72. The summed E-state index contributed by atoms with van der Waals surface area (Å²) in [5.41, 5.74) is 0.897. The van der Waals surface area contributed by atoms with Crippen molar-refractivity contribution in [2.75, 3.05) is 18.4 Å². The SMILES string of the molecule is CCCC[C@H](CN(C=O)OCc1ccccc1)C(=O)N1CCC[C@H]1C(=O)Nc1ccc(F)c[n+]1O. The van der Waals surface area contributed by atoms with Gasteiger partial charge in [-0.2, -0.15) is 0 Å². The number of carbonyl (C=O) groups excluding carboxylic acids is 3. The quantitative estimate of drug-likeness (QED) is 0.207. The number of nitrogens with one attached hydrogen (secondary N) is 1. The molecule has 1 aliphatic rings. The summed E-state index contributed by atoms with van der Waals surface area (Å²) >= 11 is 0. The zero-order chi connectivity index (χ0) is 25.2. The summed E-state index contributed by atoms with van der Waals surface area (Å²) in [4.78, 5) is 45.3. The van der Waals surface area contributed by atoms with Gasteiger partial charge in [-0.15, -0.1) is 0 Å². The first kappa shape index (κ1) is 26.1. The molecular formula is C25H32FN4O5+. The van der Waals surface area contributed by atoms with Crippen molar-refractivity contribution in [3.8, 4) is 0 Å². The van der Waals surface area contributed by atoms with Crippen LogP contribution in [0.5, 0.6) is 0 Å². The van der Waals surface area contributed by atoms with Crippen molar-refractivity contribution in [2.24, 2.45) is 5.92 Å². The Hall–Kier alpha value is -3.53. The Balaban J connectivity index is 1.67. The Labute approximate surface area is 204 Å². The molecule has 2 heterocycles. The number of anilines is 1. The number of carbonyl (C=O) groups is 3. The van der Waals surface area contributed by atoms with Crippen LogP contribution in [0.3, 0.4) is 0 Å². The van der Waals surface area contributed by atoms with Crippen LogP contribution in [0.2, 0.25) is 0 Å².